The number of nitrogens with zero attached hydrogens (tertiary/aromatic N) is 1. The van der Waals surface area contributed by atoms with E-state index in [4.69, 9.17) is 14.6 Å². The third kappa shape index (κ3) is 8.88. The van der Waals surface area contributed by atoms with E-state index in [9.17, 15) is 4.79 Å². The van der Waals surface area contributed by atoms with Crippen molar-refractivity contribution in [1.82, 2.24) is 0 Å². The largest absolute Gasteiger partial charge is 0.414 e. The van der Waals surface area contributed by atoms with Crippen molar-refractivity contribution >= 4 is 33.9 Å². The van der Waals surface area contributed by atoms with Crippen LogP contribution in [0.2, 0.25) is 36.3 Å². The van der Waals surface area contributed by atoms with E-state index in [2.05, 4.69) is 41.5 Å². The fraction of sp³-hybridized carbons (Fsp3) is 0.581. The minimum Gasteiger partial charge on any atom is -0.414 e. The Labute approximate surface area is 234 Å². The number of rotatable bonds is 18. The lowest BCUT2D eigenvalue weighted by Crippen LogP contribution is -2.45. The van der Waals surface area contributed by atoms with Crippen molar-refractivity contribution in [3.05, 3.63) is 60.7 Å². The van der Waals surface area contributed by atoms with Crippen LogP contribution >= 0.6 is 0 Å². The monoisotopic (exact) mass is 556 g/mol. The van der Waals surface area contributed by atoms with Gasteiger partial charge in [-0.25, -0.2) is 0 Å². The summed E-state index contributed by atoms with van der Waals surface area (Å²) in [6, 6.07) is 26.3. The fourth-order valence-electron chi connectivity index (χ4n) is 5.46. The summed E-state index contributed by atoms with van der Waals surface area (Å²) in [5.74, 6) is 0.0510. The summed E-state index contributed by atoms with van der Waals surface area (Å²) in [7, 11) is -3.79. The highest BCUT2D eigenvalue weighted by Crippen LogP contribution is 2.32. The van der Waals surface area contributed by atoms with Crippen LogP contribution in [0.3, 0.4) is 0 Å². The van der Waals surface area contributed by atoms with Crippen LogP contribution in [-0.4, -0.2) is 41.3 Å². The van der Waals surface area contributed by atoms with Crippen LogP contribution in [0.5, 0.6) is 0 Å². The molecule has 2 N–H and O–H groups in total. The highest BCUT2D eigenvalue weighted by Gasteiger charge is 2.37. The molecule has 0 saturated carbocycles. The molecule has 7 heteroatoms. The van der Waals surface area contributed by atoms with Gasteiger partial charge in [-0.1, -0.05) is 77.9 Å². The van der Waals surface area contributed by atoms with Crippen LogP contribution in [0, 0.1) is 0 Å². The molecule has 0 aliphatic rings. The molecule has 0 heterocycles. The topological polar surface area (TPSA) is 64.8 Å². The van der Waals surface area contributed by atoms with Crippen LogP contribution in [0.1, 0.15) is 60.8 Å². The Morgan fingerprint density at radius 3 is 1.47 bits per heavy atom. The third-order valence-electron chi connectivity index (χ3n) is 8.39. The molecule has 0 aromatic heterocycles. The Morgan fingerprint density at radius 1 is 0.711 bits per heavy atom. The smallest absolute Gasteiger partial charge is 0.234 e. The van der Waals surface area contributed by atoms with E-state index >= 15 is 0 Å². The number of carbonyl (C=O) groups is 1. The average Bonchev–Trinajstić information content (AvgIpc) is 2.96. The van der Waals surface area contributed by atoms with Gasteiger partial charge in [0.05, 0.1) is 12.5 Å². The second kappa shape index (κ2) is 16.4. The van der Waals surface area contributed by atoms with Crippen molar-refractivity contribution in [3.8, 4) is 0 Å². The molecule has 0 aliphatic heterocycles. The van der Waals surface area contributed by atoms with Crippen molar-refractivity contribution in [2.24, 2.45) is 5.73 Å². The number of hydrogen-bond donors (Lipinski definition) is 1. The van der Waals surface area contributed by atoms with Crippen LogP contribution in [-0.2, 0) is 13.6 Å². The normalized spacial score (nSPS) is 13.8. The first-order valence-corrected chi connectivity index (χ1v) is 19.9. The van der Waals surface area contributed by atoms with E-state index in [1.807, 2.05) is 65.6 Å². The second-order valence-corrected chi connectivity index (χ2v) is 19.8. The maximum atomic E-state index is 14.1. The van der Waals surface area contributed by atoms with Gasteiger partial charge in [0.2, 0.25) is 5.91 Å². The maximum absolute atomic E-state index is 14.1. The molecule has 0 radical (unpaired) electrons. The maximum Gasteiger partial charge on any atom is 0.234 e. The number of amides is 1. The van der Waals surface area contributed by atoms with E-state index in [-0.39, 0.29) is 18.1 Å². The molecule has 2 rings (SSSR count). The predicted octanol–water partition coefficient (Wildman–Crippen LogP) is 8.26. The standard InChI is InChI=1S/C31H52N2O3Si2/c1-7-37(8-2,9-3)35-29(23-24-32)25-30(36-38(10-4,11-5)12-6)26-31(34)33(27-19-15-13-16-20-27)28-21-17-14-18-22-28/h13-22,29-30H,7-12,23-26,32H2,1-6H3/t29-,30-/m1/s1. The lowest BCUT2D eigenvalue weighted by atomic mass is 10.1. The number of para-hydroxylation sites is 2. The van der Waals surface area contributed by atoms with Gasteiger partial charge in [-0.05, 0) is 79.9 Å². The average molecular weight is 557 g/mol. The van der Waals surface area contributed by atoms with Crippen LogP contribution in [0.25, 0.3) is 0 Å². The lowest BCUT2D eigenvalue weighted by molar-refractivity contribution is -0.119. The minimum absolute atomic E-state index is 0.0171. The zero-order valence-corrected chi connectivity index (χ0v) is 26.7. The molecule has 0 unspecified atom stereocenters. The Hall–Kier alpha value is -1.78. The third-order valence-corrected chi connectivity index (χ3v) is 17.8. The second-order valence-electron chi connectivity index (χ2n) is 10.4. The molecule has 0 aliphatic carbocycles. The SMILES string of the molecule is CC[Si](CC)(CC)O[C@H](CCN)C[C@H](CC(=O)N(c1ccccc1)c1ccccc1)O[Si](CC)(CC)CC. The molecule has 2 aromatic carbocycles. The van der Waals surface area contributed by atoms with E-state index in [1.165, 1.54) is 0 Å². The van der Waals surface area contributed by atoms with Gasteiger partial charge in [-0.2, -0.15) is 0 Å². The van der Waals surface area contributed by atoms with Crippen molar-refractivity contribution in [2.75, 3.05) is 11.4 Å². The Morgan fingerprint density at radius 2 is 1.11 bits per heavy atom. The van der Waals surface area contributed by atoms with Crippen LogP contribution in [0.4, 0.5) is 11.4 Å². The van der Waals surface area contributed by atoms with Crippen molar-refractivity contribution in [2.45, 2.75) is 109 Å². The molecule has 2 atom stereocenters. The van der Waals surface area contributed by atoms with Gasteiger partial charge in [-0.15, -0.1) is 0 Å². The van der Waals surface area contributed by atoms with E-state index in [0.717, 1.165) is 54.1 Å². The summed E-state index contributed by atoms with van der Waals surface area (Å²) in [5.41, 5.74) is 7.83. The number of benzene rings is 2. The van der Waals surface area contributed by atoms with Crippen molar-refractivity contribution in [3.63, 3.8) is 0 Å². The Balaban J connectivity index is 2.42. The zero-order valence-electron chi connectivity index (χ0n) is 24.7. The summed E-state index contributed by atoms with van der Waals surface area (Å²) in [4.78, 5) is 15.9. The number of carbonyl (C=O) groups excluding carboxylic acids is 1. The fourth-order valence-corrected chi connectivity index (χ4v) is 11.3. The molecule has 5 nitrogen and oxygen atoms in total. The van der Waals surface area contributed by atoms with Crippen molar-refractivity contribution in [1.29, 1.82) is 0 Å². The van der Waals surface area contributed by atoms with Crippen LogP contribution < -0.4 is 10.6 Å². The molecule has 0 spiro atoms. The molecule has 2 aromatic rings. The van der Waals surface area contributed by atoms with E-state index in [0.29, 0.717) is 19.4 Å². The first kappa shape index (κ1) is 32.4. The van der Waals surface area contributed by atoms with E-state index in [1.54, 1.807) is 0 Å². The summed E-state index contributed by atoms with van der Waals surface area (Å²) in [6.45, 7) is 14.1. The quantitative estimate of drug-likeness (QED) is 0.188. The molecular formula is C31H52N2O3Si2. The Kier molecular flexibility index (Phi) is 14.0. The predicted molar refractivity (Wildman–Crippen MR) is 167 cm³/mol. The van der Waals surface area contributed by atoms with Gasteiger partial charge in [-0.3, -0.25) is 9.69 Å². The highest BCUT2D eigenvalue weighted by molar-refractivity contribution is 6.74. The Bertz CT molecular complexity index is 865. The number of hydrogen-bond acceptors (Lipinski definition) is 4. The first-order chi connectivity index (χ1) is 18.3. The van der Waals surface area contributed by atoms with E-state index < -0.39 is 16.6 Å². The molecule has 38 heavy (non-hydrogen) atoms. The molecule has 212 valence electrons. The molecule has 1 amide bonds. The minimum atomic E-state index is -1.96. The summed E-state index contributed by atoms with van der Waals surface area (Å²) in [5, 5.41) is 0. The molecule has 0 saturated heterocycles. The van der Waals surface area contributed by atoms with Crippen LogP contribution in [0.15, 0.2) is 60.7 Å². The summed E-state index contributed by atoms with van der Waals surface area (Å²) < 4.78 is 14.0. The number of nitrogens with two attached hydrogens (primary N) is 1. The molecular weight excluding hydrogens is 505 g/mol. The van der Waals surface area contributed by atoms with Gasteiger partial charge in [0, 0.05) is 17.5 Å². The van der Waals surface area contributed by atoms with Gasteiger partial charge in [0.1, 0.15) is 0 Å². The first-order valence-electron chi connectivity index (χ1n) is 14.8. The van der Waals surface area contributed by atoms with Gasteiger partial charge in [0.25, 0.3) is 0 Å². The summed E-state index contributed by atoms with van der Waals surface area (Å²) >= 11 is 0. The highest BCUT2D eigenvalue weighted by atomic mass is 28.4. The van der Waals surface area contributed by atoms with Gasteiger partial charge in [0.15, 0.2) is 16.6 Å². The summed E-state index contributed by atoms with van der Waals surface area (Å²) in [6.07, 6.45) is 1.65. The molecule has 0 fully saturated rings. The zero-order chi connectivity index (χ0) is 28.0. The van der Waals surface area contributed by atoms with Gasteiger partial charge < -0.3 is 14.6 Å². The molecule has 0 bridgehead atoms. The lowest BCUT2D eigenvalue weighted by Gasteiger charge is -2.38. The van der Waals surface area contributed by atoms with Gasteiger partial charge >= 0.3 is 0 Å². The van der Waals surface area contributed by atoms with Crippen molar-refractivity contribution < 1.29 is 13.6 Å². The number of anilines is 2.